The molecule has 24 heavy (non-hydrogen) atoms. The molecule has 4 rings (SSSR count). The quantitative estimate of drug-likeness (QED) is 0.732. The van der Waals surface area contributed by atoms with Gasteiger partial charge in [-0.15, -0.1) is 11.3 Å². The molecule has 0 amide bonds. The Morgan fingerprint density at radius 3 is 2.88 bits per heavy atom. The number of hydrogen-bond acceptors (Lipinski definition) is 5. The number of anilines is 1. The smallest absolute Gasteiger partial charge is 0.126 e. The third kappa shape index (κ3) is 2.80. The maximum Gasteiger partial charge on any atom is 0.126 e. The highest BCUT2D eigenvalue weighted by molar-refractivity contribution is 7.99. The van der Waals surface area contributed by atoms with E-state index < -0.39 is 0 Å². The van der Waals surface area contributed by atoms with Crippen LogP contribution in [-0.2, 0) is 6.54 Å². The van der Waals surface area contributed by atoms with Crippen LogP contribution in [0, 0.1) is 13.8 Å². The van der Waals surface area contributed by atoms with Crippen molar-refractivity contribution < 1.29 is 5.11 Å². The number of aromatic nitrogens is 2. The fourth-order valence-electron chi connectivity index (χ4n) is 3.61. The van der Waals surface area contributed by atoms with Gasteiger partial charge in [-0.05, 0) is 49.8 Å². The van der Waals surface area contributed by atoms with Gasteiger partial charge < -0.3 is 15.0 Å². The SMILES string of the molecule is Cc1cc(C)c2c(n1)sc1c(NC3CCSCC3)cn(CCO)c12. The Balaban J connectivity index is 1.86. The molecule has 3 aromatic rings. The zero-order chi connectivity index (χ0) is 16.7. The van der Waals surface area contributed by atoms with Crippen LogP contribution >= 0.6 is 23.1 Å². The molecule has 0 atom stereocenters. The van der Waals surface area contributed by atoms with E-state index in [1.165, 1.54) is 51.2 Å². The van der Waals surface area contributed by atoms with Crippen LogP contribution in [0.5, 0.6) is 0 Å². The number of nitrogens with zero attached hydrogens (tertiary/aromatic N) is 2. The van der Waals surface area contributed by atoms with Crippen molar-refractivity contribution in [2.75, 3.05) is 23.4 Å². The standard InChI is InChI=1S/C18H23N3OS2/c1-11-9-12(2)19-18-15(11)16-17(24-18)14(10-21(16)5-6-22)20-13-3-7-23-8-4-13/h9-10,13,20,22H,3-8H2,1-2H3. The number of aliphatic hydroxyl groups is 1. The first kappa shape index (κ1) is 16.2. The monoisotopic (exact) mass is 361 g/mol. The number of aryl methyl sites for hydroxylation is 2. The van der Waals surface area contributed by atoms with Gasteiger partial charge in [0.1, 0.15) is 4.83 Å². The fraction of sp³-hybridized carbons (Fsp3) is 0.500. The number of fused-ring (bicyclic) bond motifs is 3. The zero-order valence-corrected chi connectivity index (χ0v) is 15.8. The van der Waals surface area contributed by atoms with E-state index in [4.69, 9.17) is 4.98 Å². The van der Waals surface area contributed by atoms with Gasteiger partial charge >= 0.3 is 0 Å². The van der Waals surface area contributed by atoms with Gasteiger partial charge in [-0.3, -0.25) is 0 Å². The second-order valence-electron chi connectivity index (χ2n) is 6.53. The zero-order valence-electron chi connectivity index (χ0n) is 14.1. The minimum atomic E-state index is 0.152. The number of thioether (sulfide) groups is 1. The number of rotatable bonds is 4. The summed E-state index contributed by atoms with van der Waals surface area (Å²) in [6, 6.07) is 2.71. The van der Waals surface area contributed by atoms with Crippen molar-refractivity contribution in [3.63, 3.8) is 0 Å². The largest absolute Gasteiger partial charge is 0.395 e. The normalized spacial score (nSPS) is 16.3. The first-order valence-corrected chi connectivity index (χ1v) is 10.5. The van der Waals surface area contributed by atoms with Gasteiger partial charge in [-0.2, -0.15) is 11.8 Å². The summed E-state index contributed by atoms with van der Waals surface area (Å²) < 4.78 is 3.47. The van der Waals surface area contributed by atoms with Crippen molar-refractivity contribution >= 4 is 49.2 Å². The molecule has 1 aliphatic rings. The Labute approximate surface area is 150 Å². The summed E-state index contributed by atoms with van der Waals surface area (Å²) in [6.45, 7) is 4.99. The molecule has 0 radical (unpaired) electrons. The Kier molecular flexibility index (Phi) is 4.45. The highest BCUT2D eigenvalue weighted by Crippen LogP contribution is 2.41. The van der Waals surface area contributed by atoms with Crippen molar-refractivity contribution in [3.05, 3.63) is 23.5 Å². The van der Waals surface area contributed by atoms with Gasteiger partial charge in [0.05, 0.1) is 22.5 Å². The summed E-state index contributed by atoms with van der Waals surface area (Å²) in [5.74, 6) is 2.48. The van der Waals surface area contributed by atoms with Gasteiger partial charge in [-0.1, -0.05) is 0 Å². The molecule has 4 heterocycles. The Morgan fingerprint density at radius 1 is 1.33 bits per heavy atom. The Morgan fingerprint density at radius 2 is 2.12 bits per heavy atom. The molecular weight excluding hydrogens is 338 g/mol. The van der Waals surface area contributed by atoms with Crippen molar-refractivity contribution in [3.8, 4) is 0 Å². The Bertz CT molecular complexity index is 878. The lowest BCUT2D eigenvalue weighted by molar-refractivity contribution is 0.278. The van der Waals surface area contributed by atoms with Crippen LogP contribution in [0.4, 0.5) is 5.69 Å². The minimum Gasteiger partial charge on any atom is -0.395 e. The molecule has 1 fully saturated rings. The molecule has 0 aliphatic carbocycles. The fourth-order valence-corrected chi connectivity index (χ4v) is 5.99. The summed E-state index contributed by atoms with van der Waals surface area (Å²) in [7, 11) is 0. The van der Waals surface area contributed by atoms with Crippen LogP contribution in [0.25, 0.3) is 20.4 Å². The molecular formula is C18H23N3OS2. The molecule has 0 bridgehead atoms. The number of nitrogens with one attached hydrogen (secondary N) is 1. The third-order valence-corrected chi connectivity index (χ3v) is 6.86. The van der Waals surface area contributed by atoms with Crippen molar-refractivity contribution in [2.45, 2.75) is 39.3 Å². The maximum atomic E-state index is 9.48. The average Bonchev–Trinajstić information content (AvgIpc) is 3.07. The van der Waals surface area contributed by atoms with E-state index in [0.29, 0.717) is 12.6 Å². The predicted molar refractivity (Wildman–Crippen MR) is 106 cm³/mol. The second-order valence-corrected chi connectivity index (χ2v) is 8.76. The second kappa shape index (κ2) is 6.58. The van der Waals surface area contributed by atoms with Gasteiger partial charge in [0.15, 0.2) is 0 Å². The lowest BCUT2D eigenvalue weighted by atomic mass is 10.1. The highest BCUT2D eigenvalue weighted by atomic mass is 32.2. The minimum absolute atomic E-state index is 0.152. The van der Waals surface area contributed by atoms with Crippen LogP contribution in [0.1, 0.15) is 24.1 Å². The summed E-state index contributed by atoms with van der Waals surface area (Å²) in [6.07, 6.45) is 4.62. The average molecular weight is 362 g/mol. The topological polar surface area (TPSA) is 50.1 Å². The van der Waals surface area contributed by atoms with Crippen LogP contribution in [-0.4, -0.2) is 38.8 Å². The van der Waals surface area contributed by atoms with Crippen molar-refractivity contribution in [2.24, 2.45) is 0 Å². The van der Waals surface area contributed by atoms with Gasteiger partial charge in [0, 0.05) is 29.9 Å². The molecule has 1 saturated heterocycles. The van der Waals surface area contributed by atoms with Gasteiger partial charge in [0.25, 0.3) is 0 Å². The summed E-state index contributed by atoms with van der Waals surface area (Å²) in [4.78, 5) is 5.85. The molecule has 4 nitrogen and oxygen atoms in total. The molecule has 1 aliphatic heterocycles. The van der Waals surface area contributed by atoms with Gasteiger partial charge in [0.2, 0.25) is 0 Å². The Hall–Kier alpha value is -1.24. The molecule has 3 aromatic heterocycles. The molecule has 0 aromatic carbocycles. The number of pyridine rings is 1. The third-order valence-electron chi connectivity index (χ3n) is 4.70. The van der Waals surface area contributed by atoms with Crippen molar-refractivity contribution in [1.82, 2.24) is 9.55 Å². The van der Waals surface area contributed by atoms with E-state index >= 15 is 0 Å². The molecule has 0 unspecified atom stereocenters. The number of thiophene rings is 1. The number of aliphatic hydroxyl groups excluding tert-OH is 1. The first-order valence-electron chi connectivity index (χ1n) is 8.52. The van der Waals surface area contributed by atoms with Crippen LogP contribution in [0.2, 0.25) is 0 Å². The molecule has 128 valence electrons. The predicted octanol–water partition coefficient (Wildman–Crippen LogP) is 4.17. The van der Waals surface area contributed by atoms with E-state index in [1.54, 1.807) is 11.3 Å². The molecule has 6 heteroatoms. The van der Waals surface area contributed by atoms with E-state index in [9.17, 15) is 5.11 Å². The first-order chi connectivity index (χ1) is 11.7. The molecule has 0 saturated carbocycles. The number of hydrogen-bond donors (Lipinski definition) is 2. The van der Waals surface area contributed by atoms with E-state index in [-0.39, 0.29) is 6.61 Å². The van der Waals surface area contributed by atoms with E-state index in [0.717, 1.165) is 10.5 Å². The maximum absolute atomic E-state index is 9.48. The van der Waals surface area contributed by atoms with Crippen LogP contribution in [0.15, 0.2) is 12.3 Å². The van der Waals surface area contributed by atoms with Crippen LogP contribution < -0.4 is 5.32 Å². The van der Waals surface area contributed by atoms with E-state index in [1.807, 2.05) is 11.8 Å². The van der Waals surface area contributed by atoms with E-state index in [2.05, 4.69) is 36.0 Å². The summed E-state index contributed by atoms with van der Waals surface area (Å²) >= 11 is 3.82. The summed E-state index contributed by atoms with van der Waals surface area (Å²) in [5, 5.41) is 14.5. The van der Waals surface area contributed by atoms with Crippen molar-refractivity contribution in [1.29, 1.82) is 0 Å². The lowest BCUT2D eigenvalue weighted by Gasteiger charge is -2.23. The molecule has 0 spiro atoms. The highest BCUT2D eigenvalue weighted by Gasteiger charge is 2.20. The lowest BCUT2D eigenvalue weighted by Crippen LogP contribution is -2.24. The summed E-state index contributed by atoms with van der Waals surface area (Å²) in [5.41, 5.74) is 4.76. The van der Waals surface area contributed by atoms with Crippen LogP contribution in [0.3, 0.4) is 0 Å². The van der Waals surface area contributed by atoms with Gasteiger partial charge in [-0.25, -0.2) is 4.98 Å². The molecule has 2 N–H and O–H groups in total.